The van der Waals surface area contributed by atoms with Gasteiger partial charge in [-0.05, 0) is 0 Å². The van der Waals surface area contributed by atoms with Crippen LogP contribution in [0, 0.1) is 0 Å². The molecule has 2 N–H and O–H groups in total. The number of hydrogen-bond donors (Lipinski definition) is 1. The summed E-state index contributed by atoms with van der Waals surface area (Å²) in [7, 11) is 1.67. The van der Waals surface area contributed by atoms with Crippen LogP contribution in [0.1, 0.15) is 6.42 Å². The molecular formula is C6H12N2O2. The lowest BCUT2D eigenvalue weighted by Crippen LogP contribution is -2.17. The average Bonchev–Trinajstić information content (AvgIpc) is 1.98. The Morgan fingerprint density at radius 1 is 1.80 bits per heavy atom. The Hall–Kier alpha value is -0.900. The third-order valence-corrected chi connectivity index (χ3v) is 0.859. The molecule has 0 unspecified atom stereocenters. The van der Waals surface area contributed by atoms with Crippen molar-refractivity contribution in [3.05, 3.63) is 0 Å². The summed E-state index contributed by atoms with van der Waals surface area (Å²) in [5.74, 6) is -0.371. The van der Waals surface area contributed by atoms with Gasteiger partial charge in [-0.1, -0.05) is 0 Å². The zero-order valence-electron chi connectivity index (χ0n) is 6.04. The van der Waals surface area contributed by atoms with Crippen LogP contribution in [0.25, 0.3) is 0 Å². The minimum atomic E-state index is -0.371. The van der Waals surface area contributed by atoms with E-state index in [4.69, 9.17) is 5.73 Å². The van der Waals surface area contributed by atoms with Crippen LogP contribution in [0.5, 0.6) is 0 Å². The predicted octanol–water partition coefficient (Wildman–Crippen LogP) is -0.421. The summed E-state index contributed by atoms with van der Waals surface area (Å²) >= 11 is 0. The highest BCUT2D eigenvalue weighted by molar-refractivity contribution is 5.71. The number of carbonyl (C=O) groups is 1. The van der Waals surface area contributed by atoms with Gasteiger partial charge < -0.3 is 15.5 Å². The Morgan fingerprint density at radius 3 is 3.00 bits per heavy atom. The van der Waals surface area contributed by atoms with Gasteiger partial charge in [-0.3, -0.25) is 4.79 Å². The van der Waals surface area contributed by atoms with Gasteiger partial charge in [0.25, 0.3) is 0 Å². The van der Waals surface area contributed by atoms with Crippen LogP contribution >= 0.6 is 0 Å². The molecule has 0 atom stereocenters. The largest absolute Gasteiger partial charge is 0.464 e. The highest BCUT2D eigenvalue weighted by Gasteiger charge is 1.94. The molecule has 4 heteroatoms. The van der Waals surface area contributed by atoms with Gasteiger partial charge in [-0.2, -0.15) is 0 Å². The van der Waals surface area contributed by atoms with Gasteiger partial charge in [0.15, 0.2) is 0 Å². The maximum atomic E-state index is 10.4. The van der Waals surface area contributed by atoms with E-state index in [0.717, 1.165) is 0 Å². The lowest BCUT2D eigenvalue weighted by atomic mass is 10.5. The SMILES string of the molecule is C/N=C\CCOC(=O)CN. The van der Waals surface area contributed by atoms with Gasteiger partial charge in [0, 0.05) is 19.7 Å². The van der Waals surface area contributed by atoms with E-state index < -0.39 is 0 Å². The molecule has 58 valence electrons. The van der Waals surface area contributed by atoms with Gasteiger partial charge in [0.1, 0.15) is 0 Å². The van der Waals surface area contributed by atoms with E-state index in [-0.39, 0.29) is 12.5 Å². The monoisotopic (exact) mass is 144 g/mol. The first kappa shape index (κ1) is 9.10. The first-order valence-electron chi connectivity index (χ1n) is 3.07. The minimum Gasteiger partial charge on any atom is -0.464 e. The second-order valence-corrected chi connectivity index (χ2v) is 1.65. The molecule has 0 spiro atoms. The summed E-state index contributed by atoms with van der Waals surface area (Å²) < 4.78 is 4.64. The summed E-state index contributed by atoms with van der Waals surface area (Å²) in [6.45, 7) is 0.316. The van der Waals surface area contributed by atoms with Crippen molar-refractivity contribution in [2.75, 3.05) is 20.2 Å². The van der Waals surface area contributed by atoms with Gasteiger partial charge in [-0.25, -0.2) is 0 Å². The molecule has 0 bridgehead atoms. The number of carbonyl (C=O) groups excluding carboxylic acids is 1. The predicted molar refractivity (Wildman–Crippen MR) is 39.0 cm³/mol. The zero-order valence-corrected chi connectivity index (χ0v) is 6.04. The molecule has 0 saturated carbocycles. The number of rotatable bonds is 4. The van der Waals surface area contributed by atoms with Crippen molar-refractivity contribution in [2.45, 2.75) is 6.42 Å². The van der Waals surface area contributed by atoms with Crippen molar-refractivity contribution in [2.24, 2.45) is 10.7 Å². The van der Waals surface area contributed by atoms with Gasteiger partial charge in [0.2, 0.25) is 0 Å². The summed E-state index contributed by atoms with van der Waals surface area (Å²) in [6, 6.07) is 0. The Labute approximate surface area is 60.1 Å². The Morgan fingerprint density at radius 2 is 2.50 bits per heavy atom. The van der Waals surface area contributed by atoms with Crippen molar-refractivity contribution in [3.63, 3.8) is 0 Å². The molecule has 0 rings (SSSR count). The van der Waals surface area contributed by atoms with E-state index >= 15 is 0 Å². The molecule has 0 aliphatic rings. The summed E-state index contributed by atoms with van der Waals surface area (Å²) in [6.07, 6.45) is 2.34. The van der Waals surface area contributed by atoms with Gasteiger partial charge >= 0.3 is 5.97 Å². The van der Waals surface area contributed by atoms with Crippen LogP contribution in [-0.4, -0.2) is 32.4 Å². The van der Waals surface area contributed by atoms with Crippen molar-refractivity contribution < 1.29 is 9.53 Å². The van der Waals surface area contributed by atoms with E-state index in [1.54, 1.807) is 13.3 Å². The molecule has 0 aliphatic heterocycles. The summed E-state index contributed by atoms with van der Waals surface area (Å²) in [5.41, 5.74) is 4.98. The third-order valence-electron chi connectivity index (χ3n) is 0.859. The molecule has 0 saturated heterocycles. The Balaban J connectivity index is 3.11. The van der Waals surface area contributed by atoms with Crippen LogP contribution in [0.15, 0.2) is 4.99 Å². The fourth-order valence-corrected chi connectivity index (χ4v) is 0.413. The normalized spacial score (nSPS) is 10.2. The first-order valence-corrected chi connectivity index (χ1v) is 3.07. The number of nitrogens with zero attached hydrogens (tertiary/aromatic N) is 1. The third kappa shape index (κ3) is 5.24. The number of esters is 1. The van der Waals surface area contributed by atoms with Crippen molar-refractivity contribution in [1.82, 2.24) is 0 Å². The highest BCUT2D eigenvalue weighted by Crippen LogP contribution is 1.79. The zero-order chi connectivity index (χ0) is 7.82. The van der Waals surface area contributed by atoms with Gasteiger partial charge in [0.05, 0.1) is 13.2 Å². The van der Waals surface area contributed by atoms with E-state index in [0.29, 0.717) is 13.0 Å². The second-order valence-electron chi connectivity index (χ2n) is 1.65. The number of ether oxygens (including phenoxy) is 1. The van der Waals surface area contributed by atoms with Gasteiger partial charge in [-0.15, -0.1) is 0 Å². The standard InChI is InChI=1S/C6H12N2O2/c1-8-3-2-4-10-6(9)5-7/h3H,2,4-5,7H2,1H3/b8-3-. The smallest absolute Gasteiger partial charge is 0.319 e. The highest BCUT2D eigenvalue weighted by atomic mass is 16.5. The van der Waals surface area contributed by atoms with E-state index in [1.165, 1.54) is 0 Å². The molecule has 0 radical (unpaired) electrons. The van der Waals surface area contributed by atoms with Crippen molar-refractivity contribution >= 4 is 12.2 Å². The number of aliphatic imine (C=N–C) groups is 1. The van der Waals surface area contributed by atoms with Crippen LogP contribution in [-0.2, 0) is 9.53 Å². The molecule has 4 nitrogen and oxygen atoms in total. The molecule has 0 aliphatic carbocycles. The van der Waals surface area contributed by atoms with Crippen molar-refractivity contribution in [3.8, 4) is 0 Å². The molecule has 0 amide bonds. The molecule has 0 aromatic heterocycles. The maximum absolute atomic E-state index is 10.4. The minimum absolute atomic E-state index is 0.0523. The van der Waals surface area contributed by atoms with E-state index in [2.05, 4.69) is 9.73 Å². The van der Waals surface area contributed by atoms with E-state index in [9.17, 15) is 4.79 Å². The summed E-state index contributed by atoms with van der Waals surface area (Å²) in [5, 5.41) is 0. The molecule has 0 aromatic carbocycles. The quantitative estimate of drug-likeness (QED) is 0.331. The second kappa shape index (κ2) is 6.22. The molecule has 0 heterocycles. The number of nitrogens with two attached hydrogens (primary N) is 1. The lowest BCUT2D eigenvalue weighted by Gasteiger charge is -1.97. The summed E-state index contributed by atoms with van der Waals surface area (Å²) in [4.78, 5) is 14.1. The van der Waals surface area contributed by atoms with Crippen LogP contribution in [0.3, 0.4) is 0 Å². The molecule has 0 fully saturated rings. The topological polar surface area (TPSA) is 64.7 Å². The number of hydrogen-bond acceptors (Lipinski definition) is 4. The maximum Gasteiger partial charge on any atom is 0.319 e. The molecule has 0 aromatic rings. The molecular weight excluding hydrogens is 132 g/mol. The van der Waals surface area contributed by atoms with Crippen LogP contribution < -0.4 is 5.73 Å². The fourth-order valence-electron chi connectivity index (χ4n) is 0.413. The Bertz CT molecular complexity index is 123. The van der Waals surface area contributed by atoms with Crippen LogP contribution in [0.4, 0.5) is 0 Å². The average molecular weight is 144 g/mol. The van der Waals surface area contributed by atoms with Crippen LogP contribution in [0.2, 0.25) is 0 Å². The van der Waals surface area contributed by atoms with Crippen molar-refractivity contribution in [1.29, 1.82) is 0 Å². The first-order chi connectivity index (χ1) is 4.81. The fraction of sp³-hybridized carbons (Fsp3) is 0.667. The Kier molecular flexibility index (Phi) is 5.66. The van der Waals surface area contributed by atoms with E-state index in [1.807, 2.05) is 0 Å². The lowest BCUT2D eigenvalue weighted by molar-refractivity contribution is -0.141. The molecule has 10 heavy (non-hydrogen) atoms.